The number of nitrogens with one attached hydrogen (secondary N) is 2. The third-order valence-corrected chi connectivity index (χ3v) is 4.55. The Hall–Kier alpha value is -3.52. The number of benzene rings is 1. The predicted octanol–water partition coefficient (Wildman–Crippen LogP) is 2.40. The van der Waals surface area contributed by atoms with Crippen molar-refractivity contribution in [3.05, 3.63) is 66.8 Å². The van der Waals surface area contributed by atoms with Crippen molar-refractivity contribution in [2.75, 3.05) is 13.7 Å². The lowest BCUT2D eigenvalue weighted by Gasteiger charge is -2.09. The molecule has 0 aliphatic heterocycles. The Balaban J connectivity index is 1.45. The molecule has 2 N–H and O–H groups in total. The highest BCUT2D eigenvalue weighted by atomic mass is 16.5. The molecule has 0 fully saturated rings. The van der Waals surface area contributed by atoms with E-state index in [1.54, 1.807) is 50.5 Å². The third-order valence-electron chi connectivity index (χ3n) is 4.55. The SMILES string of the molecule is COCCn1cncc1CNC(=O)c1ccc(-c2cncc3[nH]cnc23)cc1. The van der Waals surface area contributed by atoms with Crippen molar-refractivity contribution in [1.82, 2.24) is 29.8 Å². The minimum atomic E-state index is -0.137. The molecule has 4 aromatic rings. The fourth-order valence-corrected chi connectivity index (χ4v) is 3.04. The number of hydrogen-bond donors (Lipinski definition) is 2. The summed E-state index contributed by atoms with van der Waals surface area (Å²) in [6.07, 6.45) is 8.65. The summed E-state index contributed by atoms with van der Waals surface area (Å²) in [4.78, 5) is 28.3. The lowest BCUT2D eigenvalue weighted by atomic mass is 10.0. The van der Waals surface area contributed by atoms with Crippen LogP contribution in [0.4, 0.5) is 0 Å². The van der Waals surface area contributed by atoms with Gasteiger partial charge in [0.2, 0.25) is 0 Å². The summed E-state index contributed by atoms with van der Waals surface area (Å²) >= 11 is 0. The van der Waals surface area contributed by atoms with Crippen molar-refractivity contribution in [2.45, 2.75) is 13.1 Å². The van der Waals surface area contributed by atoms with Gasteiger partial charge in [-0.15, -0.1) is 0 Å². The second-order valence-corrected chi connectivity index (χ2v) is 6.32. The van der Waals surface area contributed by atoms with E-state index in [1.165, 1.54) is 0 Å². The molecule has 0 bridgehead atoms. The first-order valence-electron chi connectivity index (χ1n) is 8.90. The maximum atomic E-state index is 12.5. The highest BCUT2D eigenvalue weighted by Crippen LogP contribution is 2.25. The Bertz CT molecular complexity index is 1080. The summed E-state index contributed by atoms with van der Waals surface area (Å²) < 4.78 is 7.05. The first-order valence-corrected chi connectivity index (χ1v) is 8.90. The summed E-state index contributed by atoms with van der Waals surface area (Å²) in [6.45, 7) is 1.69. The largest absolute Gasteiger partial charge is 0.383 e. The zero-order valence-electron chi connectivity index (χ0n) is 15.4. The second-order valence-electron chi connectivity index (χ2n) is 6.32. The number of rotatable bonds is 7. The molecule has 142 valence electrons. The molecule has 0 aliphatic carbocycles. The number of aromatic amines is 1. The van der Waals surface area contributed by atoms with Crippen LogP contribution in [-0.2, 0) is 17.8 Å². The van der Waals surface area contributed by atoms with Gasteiger partial charge in [0.1, 0.15) is 0 Å². The van der Waals surface area contributed by atoms with Crippen LogP contribution in [0.2, 0.25) is 0 Å². The smallest absolute Gasteiger partial charge is 0.251 e. The molecule has 28 heavy (non-hydrogen) atoms. The van der Waals surface area contributed by atoms with Crippen LogP contribution in [0.5, 0.6) is 0 Å². The normalized spacial score (nSPS) is 11.0. The fraction of sp³-hybridized carbons (Fsp3) is 0.200. The van der Waals surface area contributed by atoms with Gasteiger partial charge in [-0.05, 0) is 17.7 Å². The Morgan fingerprint density at radius 2 is 2.04 bits per heavy atom. The number of aromatic nitrogens is 5. The van der Waals surface area contributed by atoms with Crippen molar-refractivity contribution in [2.24, 2.45) is 0 Å². The van der Waals surface area contributed by atoms with Gasteiger partial charge in [0.15, 0.2) is 0 Å². The van der Waals surface area contributed by atoms with Crippen LogP contribution in [0, 0.1) is 0 Å². The van der Waals surface area contributed by atoms with E-state index in [9.17, 15) is 4.79 Å². The number of carbonyl (C=O) groups is 1. The van der Waals surface area contributed by atoms with Crippen molar-refractivity contribution >= 4 is 16.9 Å². The molecule has 0 atom stereocenters. The molecule has 1 aromatic carbocycles. The summed E-state index contributed by atoms with van der Waals surface area (Å²) in [5, 5.41) is 2.93. The number of imidazole rings is 2. The van der Waals surface area contributed by atoms with Crippen LogP contribution in [-0.4, -0.2) is 44.1 Å². The maximum Gasteiger partial charge on any atom is 0.251 e. The molecule has 0 unspecified atom stereocenters. The van der Waals surface area contributed by atoms with Gasteiger partial charge in [0, 0.05) is 37.2 Å². The molecular weight excluding hydrogens is 356 g/mol. The number of amides is 1. The molecule has 3 heterocycles. The number of hydrogen-bond acceptors (Lipinski definition) is 5. The van der Waals surface area contributed by atoms with Crippen molar-refractivity contribution < 1.29 is 9.53 Å². The average molecular weight is 376 g/mol. The summed E-state index contributed by atoms with van der Waals surface area (Å²) in [5.41, 5.74) is 5.14. The molecular formula is C20H20N6O2. The number of ether oxygens (including phenoxy) is 1. The second kappa shape index (κ2) is 8.01. The van der Waals surface area contributed by atoms with Gasteiger partial charge in [-0.25, -0.2) is 9.97 Å². The third kappa shape index (κ3) is 3.63. The van der Waals surface area contributed by atoms with Gasteiger partial charge in [0.05, 0.1) is 48.7 Å². The van der Waals surface area contributed by atoms with E-state index < -0.39 is 0 Å². The van der Waals surface area contributed by atoms with Crippen LogP contribution in [0.15, 0.2) is 55.5 Å². The van der Waals surface area contributed by atoms with Gasteiger partial charge in [-0.1, -0.05) is 12.1 Å². The highest BCUT2D eigenvalue weighted by Gasteiger charge is 2.10. The minimum absolute atomic E-state index is 0.137. The minimum Gasteiger partial charge on any atom is -0.383 e. The van der Waals surface area contributed by atoms with Crippen molar-refractivity contribution in [3.63, 3.8) is 0 Å². The number of methoxy groups -OCH3 is 1. The number of pyridine rings is 1. The molecule has 0 radical (unpaired) electrons. The van der Waals surface area contributed by atoms with E-state index in [4.69, 9.17) is 4.74 Å². The van der Waals surface area contributed by atoms with E-state index >= 15 is 0 Å². The number of H-pyrrole nitrogens is 1. The zero-order chi connectivity index (χ0) is 19.3. The average Bonchev–Trinajstić information content (AvgIpc) is 3.39. The Kier molecular flexibility index (Phi) is 5.11. The lowest BCUT2D eigenvalue weighted by Crippen LogP contribution is -2.24. The molecule has 0 aliphatic rings. The predicted molar refractivity (Wildman–Crippen MR) is 105 cm³/mol. The van der Waals surface area contributed by atoms with E-state index in [0.29, 0.717) is 25.3 Å². The molecule has 0 saturated carbocycles. The van der Waals surface area contributed by atoms with Crippen LogP contribution in [0.3, 0.4) is 0 Å². The number of nitrogens with zero attached hydrogens (tertiary/aromatic N) is 4. The van der Waals surface area contributed by atoms with Crippen LogP contribution >= 0.6 is 0 Å². The van der Waals surface area contributed by atoms with Gasteiger partial charge in [-0.3, -0.25) is 9.78 Å². The zero-order valence-corrected chi connectivity index (χ0v) is 15.4. The molecule has 0 spiro atoms. The first-order chi connectivity index (χ1) is 13.8. The molecule has 1 amide bonds. The Labute approximate surface area is 161 Å². The van der Waals surface area contributed by atoms with Gasteiger partial charge in [-0.2, -0.15) is 0 Å². The van der Waals surface area contributed by atoms with Crippen molar-refractivity contribution in [1.29, 1.82) is 0 Å². The fourth-order valence-electron chi connectivity index (χ4n) is 3.04. The molecule has 4 rings (SSSR count). The van der Waals surface area contributed by atoms with Crippen LogP contribution in [0.25, 0.3) is 22.2 Å². The summed E-state index contributed by atoms with van der Waals surface area (Å²) in [6, 6.07) is 7.42. The molecule has 3 aromatic heterocycles. The summed E-state index contributed by atoms with van der Waals surface area (Å²) in [5.74, 6) is -0.137. The monoisotopic (exact) mass is 376 g/mol. The van der Waals surface area contributed by atoms with Crippen molar-refractivity contribution in [3.8, 4) is 11.1 Å². The number of carbonyl (C=O) groups excluding carboxylic acids is 1. The standard InChI is InChI=1S/C20H20N6O2/c1-28-7-6-26-13-22-8-16(26)9-23-20(27)15-4-2-14(3-5-15)17-10-21-11-18-19(17)25-12-24-18/h2-5,8,10-13H,6-7,9H2,1H3,(H,23,27)(H,24,25). The highest BCUT2D eigenvalue weighted by molar-refractivity contribution is 5.96. The maximum absolute atomic E-state index is 12.5. The van der Waals surface area contributed by atoms with Crippen LogP contribution < -0.4 is 5.32 Å². The van der Waals surface area contributed by atoms with Crippen LogP contribution in [0.1, 0.15) is 16.1 Å². The molecule has 8 nitrogen and oxygen atoms in total. The molecule has 8 heteroatoms. The van der Waals surface area contributed by atoms with E-state index in [2.05, 4.69) is 25.3 Å². The van der Waals surface area contributed by atoms with E-state index in [1.807, 2.05) is 16.7 Å². The van der Waals surface area contributed by atoms with Gasteiger partial charge < -0.3 is 19.6 Å². The number of fused-ring (bicyclic) bond motifs is 1. The lowest BCUT2D eigenvalue weighted by molar-refractivity contribution is 0.0950. The van der Waals surface area contributed by atoms with Gasteiger partial charge in [0.25, 0.3) is 5.91 Å². The van der Waals surface area contributed by atoms with Gasteiger partial charge >= 0.3 is 0 Å². The topological polar surface area (TPSA) is 97.7 Å². The summed E-state index contributed by atoms with van der Waals surface area (Å²) in [7, 11) is 1.66. The quantitative estimate of drug-likeness (QED) is 0.516. The van der Waals surface area contributed by atoms with E-state index in [0.717, 1.165) is 27.9 Å². The Morgan fingerprint density at radius 3 is 2.86 bits per heavy atom. The Morgan fingerprint density at radius 1 is 1.18 bits per heavy atom. The molecule has 0 saturated heterocycles. The van der Waals surface area contributed by atoms with E-state index in [-0.39, 0.29) is 5.91 Å². The first kappa shape index (κ1) is 17.9.